The van der Waals surface area contributed by atoms with Gasteiger partial charge in [-0.15, -0.1) is 5.10 Å². The van der Waals surface area contributed by atoms with Gasteiger partial charge in [-0.3, -0.25) is 14.9 Å². The van der Waals surface area contributed by atoms with E-state index < -0.39 is 17.8 Å². The molecule has 1 aromatic carbocycles. The van der Waals surface area contributed by atoms with Gasteiger partial charge in [0, 0.05) is 6.08 Å². The Balaban J connectivity index is 2.05. The van der Waals surface area contributed by atoms with Gasteiger partial charge in [0.2, 0.25) is 0 Å². The van der Waals surface area contributed by atoms with Crippen molar-refractivity contribution >= 4 is 46.3 Å². The van der Waals surface area contributed by atoms with E-state index in [-0.39, 0.29) is 20.7 Å². The third kappa shape index (κ3) is 3.86. The molecular weight excluding hydrogens is 330 g/mol. The van der Waals surface area contributed by atoms with Crippen LogP contribution in [0.5, 0.6) is 0 Å². The number of carbonyl (C=O) groups excluding carboxylic acids is 3. The monoisotopic (exact) mass is 339 g/mol. The highest BCUT2D eigenvalue weighted by Crippen LogP contribution is 2.23. The van der Waals surface area contributed by atoms with Crippen LogP contribution in [0.3, 0.4) is 0 Å². The Morgan fingerprint density at radius 2 is 2.14 bits per heavy atom. The lowest BCUT2D eigenvalue weighted by molar-refractivity contribution is -0.135. The molecule has 2 N–H and O–H groups in total. The number of rotatable bonds is 3. The summed E-state index contributed by atoms with van der Waals surface area (Å²) in [6.45, 7) is 0. The number of thioether (sulfide) groups is 1. The molecular formula is C13H10ClN3O4S. The molecule has 1 aromatic rings. The fourth-order valence-electron chi connectivity index (χ4n) is 1.45. The van der Waals surface area contributed by atoms with Gasteiger partial charge in [-0.1, -0.05) is 23.7 Å². The van der Waals surface area contributed by atoms with Crippen LogP contribution in [0.15, 0.2) is 40.3 Å². The molecule has 1 saturated heterocycles. The van der Waals surface area contributed by atoms with Gasteiger partial charge in [0.05, 0.1) is 22.6 Å². The van der Waals surface area contributed by atoms with Gasteiger partial charge in [0.1, 0.15) is 0 Å². The molecule has 1 fully saturated rings. The van der Waals surface area contributed by atoms with E-state index in [0.29, 0.717) is 0 Å². The molecule has 0 saturated carbocycles. The Labute approximate surface area is 134 Å². The van der Waals surface area contributed by atoms with E-state index in [9.17, 15) is 14.4 Å². The number of methoxy groups -OCH3 is 1. The SMILES string of the molecule is COC(=O)/C=C1/S/C(=N\NC(=O)c2ccccc2Cl)NC1=O. The maximum atomic E-state index is 11.9. The molecule has 0 unspecified atom stereocenters. The third-order valence-electron chi connectivity index (χ3n) is 2.48. The van der Waals surface area contributed by atoms with Crippen molar-refractivity contribution in [3.8, 4) is 0 Å². The molecule has 2 amide bonds. The molecule has 0 aromatic heterocycles. The molecule has 114 valence electrons. The van der Waals surface area contributed by atoms with Crippen LogP contribution >= 0.6 is 23.4 Å². The highest BCUT2D eigenvalue weighted by Gasteiger charge is 2.25. The van der Waals surface area contributed by atoms with Gasteiger partial charge in [-0.25, -0.2) is 10.2 Å². The van der Waals surface area contributed by atoms with Crippen LogP contribution in [0, 0.1) is 0 Å². The highest BCUT2D eigenvalue weighted by atomic mass is 35.5. The van der Waals surface area contributed by atoms with Crippen LogP contribution < -0.4 is 10.7 Å². The molecule has 7 nitrogen and oxygen atoms in total. The molecule has 1 aliphatic rings. The number of ether oxygens (including phenoxy) is 1. The number of hydrogen-bond acceptors (Lipinski definition) is 6. The van der Waals surface area contributed by atoms with Crippen LogP contribution in [0.1, 0.15) is 10.4 Å². The Bertz CT molecular complexity index is 702. The lowest BCUT2D eigenvalue weighted by Crippen LogP contribution is -2.25. The topological polar surface area (TPSA) is 96.9 Å². The molecule has 1 heterocycles. The molecule has 0 bridgehead atoms. The molecule has 2 rings (SSSR count). The van der Waals surface area contributed by atoms with Crippen LogP contribution in [-0.2, 0) is 14.3 Å². The van der Waals surface area contributed by atoms with E-state index in [2.05, 4.69) is 20.6 Å². The molecule has 1 aliphatic heterocycles. The van der Waals surface area contributed by atoms with E-state index in [1.165, 1.54) is 7.11 Å². The second-order valence-corrected chi connectivity index (χ2v) is 5.36. The first kappa shape index (κ1) is 16.1. The molecule has 0 atom stereocenters. The molecule has 0 radical (unpaired) electrons. The fourth-order valence-corrected chi connectivity index (χ4v) is 2.42. The maximum absolute atomic E-state index is 11.9. The first-order valence-corrected chi connectivity index (χ1v) is 7.12. The highest BCUT2D eigenvalue weighted by molar-refractivity contribution is 8.18. The number of esters is 1. The summed E-state index contributed by atoms with van der Waals surface area (Å²) < 4.78 is 4.43. The number of benzene rings is 1. The normalized spacial score (nSPS) is 17.5. The largest absolute Gasteiger partial charge is 0.466 e. The number of hydrogen-bond donors (Lipinski definition) is 2. The number of hydrazone groups is 1. The van der Waals surface area contributed by atoms with Crippen molar-refractivity contribution in [3.05, 3.63) is 45.8 Å². The van der Waals surface area contributed by atoms with Crippen molar-refractivity contribution in [2.24, 2.45) is 5.10 Å². The van der Waals surface area contributed by atoms with Crippen LogP contribution in [0.4, 0.5) is 0 Å². The summed E-state index contributed by atoms with van der Waals surface area (Å²) in [4.78, 5) is 34.7. The molecule has 9 heteroatoms. The summed E-state index contributed by atoms with van der Waals surface area (Å²) in [6, 6.07) is 6.48. The quantitative estimate of drug-likeness (QED) is 0.491. The Morgan fingerprint density at radius 3 is 2.82 bits per heavy atom. The van der Waals surface area contributed by atoms with Crippen LogP contribution in [0.2, 0.25) is 5.02 Å². The lowest BCUT2D eigenvalue weighted by Gasteiger charge is -2.02. The van der Waals surface area contributed by atoms with Gasteiger partial charge in [0.15, 0.2) is 5.17 Å². The fraction of sp³-hybridized carbons (Fsp3) is 0.0769. The summed E-state index contributed by atoms with van der Waals surface area (Å²) >= 11 is 6.80. The molecule has 22 heavy (non-hydrogen) atoms. The Morgan fingerprint density at radius 1 is 1.41 bits per heavy atom. The van der Waals surface area contributed by atoms with Gasteiger partial charge >= 0.3 is 5.97 Å². The Kier molecular flexibility index (Phi) is 5.18. The minimum absolute atomic E-state index is 0.123. The Hall–Kier alpha value is -2.32. The summed E-state index contributed by atoms with van der Waals surface area (Å²) in [5.41, 5.74) is 2.53. The van der Waals surface area contributed by atoms with E-state index in [4.69, 9.17) is 11.6 Å². The minimum Gasteiger partial charge on any atom is -0.466 e. The number of amides is 2. The predicted molar refractivity (Wildman–Crippen MR) is 82.2 cm³/mol. The number of halogens is 1. The van der Waals surface area contributed by atoms with Crippen molar-refractivity contribution in [1.29, 1.82) is 0 Å². The number of nitrogens with one attached hydrogen (secondary N) is 2. The number of amidine groups is 1. The second-order valence-electron chi connectivity index (χ2n) is 3.93. The molecule has 0 spiro atoms. The van der Waals surface area contributed by atoms with E-state index in [0.717, 1.165) is 17.8 Å². The standard InChI is InChI=1S/C13H10ClN3O4S/c1-21-10(18)6-9-12(20)15-13(22-9)17-16-11(19)7-4-2-3-5-8(7)14/h2-6H,1H3,(H,16,19)(H,15,17,20)/b9-6+. The first-order valence-electron chi connectivity index (χ1n) is 5.92. The van der Waals surface area contributed by atoms with Gasteiger partial charge in [0.25, 0.3) is 11.8 Å². The summed E-state index contributed by atoms with van der Waals surface area (Å²) in [5.74, 6) is -1.67. The average molecular weight is 340 g/mol. The number of nitrogens with zero attached hydrogens (tertiary/aromatic N) is 1. The number of carbonyl (C=O) groups is 3. The lowest BCUT2D eigenvalue weighted by atomic mass is 10.2. The van der Waals surface area contributed by atoms with Crippen molar-refractivity contribution in [3.63, 3.8) is 0 Å². The predicted octanol–water partition coefficient (Wildman–Crippen LogP) is 1.26. The van der Waals surface area contributed by atoms with Crippen molar-refractivity contribution < 1.29 is 19.1 Å². The van der Waals surface area contributed by atoms with Gasteiger partial charge in [-0.2, -0.15) is 0 Å². The van der Waals surface area contributed by atoms with Gasteiger partial charge < -0.3 is 4.74 Å². The minimum atomic E-state index is -0.654. The van der Waals surface area contributed by atoms with Crippen molar-refractivity contribution in [2.75, 3.05) is 7.11 Å². The van der Waals surface area contributed by atoms with Gasteiger partial charge in [-0.05, 0) is 23.9 Å². The first-order chi connectivity index (χ1) is 10.5. The molecule has 0 aliphatic carbocycles. The van der Waals surface area contributed by atoms with E-state index in [1.54, 1.807) is 24.3 Å². The summed E-state index contributed by atoms with van der Waals surface area (Å²) in [6.07, 6.45) is 1.04. The van der Waals surface area contributed by atoms with Crippen LogP contribution in [-0.4, -0.2) is 30.1 Å². The summed E-state index contributed by atoms with van der Waals surface area (Å²) in [7, 11) is 1.20. The zero-order valence-electron chi connectivity index (χ0n) is 11.3. The smallest absolute Gasteiger partial charge is 0.331 e. The zero-order valence-corrected chi connectivity index (χ0v) is 12.8. The third-order valence-corrected chi connectivity index (χ3v) is 3.72. The maximum Gasteiger partial charge on any atom is 0.331 e. The summed E-state index contributed by atoms with van der Waals surface area (Å²) in [5, 5.41) is 6.60. The van der Waals surface area contributed by atoms with Crippen molar-refractivity contribution in [1.82, 2.24) is 10.7 Å². The second kappa shape index (κ2) is 7.10. The average Bonchev–Trinajstić information content (AvgIpc) is 2.85. The van der Waals surface area contributed by atoms with E-state index >= 15 is 0 Å². The zero-order chi connectivity index (χ0) is 16.1. The van der Waals surface area contributed by atoms with Crippen molar-refractivity contribution in [2.45, 2.75) is 0 Å². The van der Waals surface area contributed by atoms with E-state index in [1.807, 2.05) is 0 Å². The van der Waals surface area contributed by atoms with Crippen LogP contribution in [0.25, 0.3) is 0 Å².